The lowest BCUT2D eigenvalue weighted by Gasteiger charge is -2.27. The van der Waals surface area contributed by atoms with Crippen molar-refractivity contribution in [3.05, 3.63) is 23.8 Å². The van der Waals surface area contributed by atoms with Crippen LogP contribution in [0.1, 0.15) is 24.8 Å². The normalized spacial score (nSPS) is 15.3. The van der Waals surface area contributed by atoms with Gasteiger partial charge in [-0.3, -0.25) is 0 Å². The topological polar surface area (TPSA) is 44.5 Å². The Bertz CT molecular complexity index is 402. The fourth-order valence-electron chi connectivity index (χ4n) is 1.60. The van der Waals surface area contributed by atoms with Gasteiger partial charge < -0.3 is 15.2 Å². The van der Waals surface area contributed by atoms with Crippen LogP contribution >= 0.6 is 12.2 Å². The van der Waals surface area contributed by atoms with E-state index in [-0.39, 0.29) is 0 Å². The van der Waals surface area contributed by atoms with Crippen LogP contribution in [-0.4, -0.2) is 18.2 Å². The predicted octanol–water partition coefficient (Wildman–Crippen LogP) is 2.26. The lowest BCUT2D eigenvalue weighted by atomic mass is 9.96. The van der Waals surface area contributed by atoms with Gasteiger partial charge in [-0.1, -0.05) is 12.2 Å². The summed E-state index contributed by atoms with van der Waals surface area (Å²) in [4.78, 5) is 0.358. The molecule has 0 radical (unpaired) electrons. The van der Waals surface area contributed by atoms with Crippen molar-refractivity contribution in [2.45, 2.75) is 25.4 Å². The Morgan fingerprint density at radius 3 is 2.69 bits per heavy atom. The molecule has 0 bridgehead atoms. The van der Waals surface area contributed by atoms with Crippen molar-refractivity contribution in [3.63, 3.8) is 0 Å². The number of hydrogen-bond acceptors (Lipinski definition) is 3. The van der Waals surface area contributed by atoms with E-state index in [9.17, 15) is 0 Å². The molecule has 1 aromatic carbocycles. The molecule has 2 N–H and O–H groups in total. The van der Waals surface area contributed by atoms with Gasteiger partial charge in [-0.25, -0.2) is 0 Å². The summed E-state index contributed by atoms with van der Waals surface area (Å²) in [6.07, 6.45) is 3.75. The van der Waals surface area contributed by atoms with Crippen molar-refractivity contribution < 1.29 is 9.47 Å². The van der Waals surface area contributed by atoms with Crippen LogP contribution in [-0.2, 0) is 0 Å². The number of ether oxygens (including phenoxy) is 2. The third-order valence-electron chi connectivity index (χ3n) is 2.80. The van der Waals surface area contributed by atoms with E-state index in [0.29, 0.717) is 11.1 Å². The maximum absolute atomic E-state index is 5.84. The van der Waals surface area contributed by atoms with E-state index in [0.717, 1.165) is 29.9 Å². The minimum absolute atomic E-state index is 0.306. The number of hydrogen-bond donors (Lipinski definition) is 1. The van der Waals surface area contributed by atoms with Gasteiger partial charge in [-0.05, 0) is 31.4 Å². The van der Waals surface area contributed by atoms with Crippen molar-refractivity contribution >= 4 is 17.2 Å². The maximum Gasteiger partial charge on any atom is 0.133 e. The van der Waals surface area contributed by atoms with Crippen molar-refractivity contribution in [1.82, 2.24) is 0 Å². The summed E-state index contributed by atoms with van der Waals surface area (Å²) in [5.74, 6) is 1.49. The maximum atomic E-state index is 5.84. The molecule has 1 aliphatic rings. The molecule has 1 aliphatic carbocycles. The molecule has 0 amide bonds. The average Bonchev–Trinajstić information content (AvgIpc) is 2.22. The first-order valence-corrected chi connectivity index (χ1v) is 5.76. The Morgan fingerprint density at radius 2 is 2.19 bits per heavy atom. The highest BCUT2D eigenvalue weighted by Crippen LogP contribution is 2.30. The summed E-state index contributed by atoms with van der Waals surface area (Å²) < 4.78 is 11.0. The molecule has 0 unspecified atom stereocenters. The zero-order chi connectivity index (χ0) is 11.5. The first-order chi connectivity index (χ1) is 7.70. The van der Waals surface area contributed by atoms with Gasteiger partial charge in [0.05, 0.1) is 18.8 Å². The van der Waals surface area contributed by atoms with Gasteiger partial charge >= 0.3 is 0 Å². The Hall–Kier alpha value is -1.29. The second kappa shape index (κ2) is 4.70. The van der Waals surface area contributed by atoms with E-state index in [1.54, 1.807) is 7.11 Å². The molecule has 0 saturated heterocycles. The largest absolute Gasteiger partial charge is 0.497 e. The van der Waals surface area contributed by atoms with E-state index in [4.69, 9.17) is 27.4 Å². The van der Waals surface area contributed by atoms with Gasteiger partial charge in [0.2, 0.25) is 0 Å². The fraction of sp³-hybridized carbons (Fsp3) is 0.417. The standard InChI is InChI=1S/C12H15NO2S/c1-14-9-5-6-10(12(13)16)11(7-9)15-8-3-2-4-8/h5-8H,2-4H2,1H3,(H2,13,16). The third-order valence-corrected chi connectivity index (χ3v) is 3.02. The first-order valence-electron chi connectivity index (χ1n) is 5.35. The first kappa shape index (κ1) is 11.2. The molecule has 0 heterocycles. The third kappa shape index (κ3) is 2.27. The second-order valence-corrected chi connectivity index (χ2v) is 4.34. The average molecular weight is 237 g/mol. The highest BCUT2D eigenvalue weighted by atomic mass is 32.1. The van der Waals surface area contributed by atoms with Crippen LogP contribution in [0.4, 0.5) is 0 Å². The van der Waals surface area contributed by atoms with Crippen molar-refractivity contribution in [2.75, 3.05) is 7.11 Å². The number of rotatable bonds is 4. The van der Waals surface area contributed by atoms with Crippen molar-refractivity contribution in [1.29, 1.82) is 0 Å². The molecule has 86 valence electrons. The van der Waals surface area contributed by atoms with Gasteiger partial charge in [0.25, 0.3) is 0 Å². The molecule has 1 aromatic rings. The van der Waals surface area contributed by atoms with Crippen LogP contribution in [0.5, 0.6) is 11.5 Å². The zero-order valence-corrected chi connectivity index (χ0v) is 10.0. The summed E-state index contributed by atoms with van der Waals surface area (Å²) >= 11 is 4.99. The quantitative estimate of drug-likeness (QED) is 0.816. The summed E-state index contributed by atoms with van der Waals surface area (Å²) in [7, 11) is 1.63. The molecule has 0 spiro atoms. The highest BCUT2D eigenvalue weighted by Gasteiger charge is 2.21. The zero-order valence-electron chi connectivity index (χ0n) is 9.23. The van der Waals surface area contributed by atoms with Crippen LogP contribution < -0.4 is 15.2 Å². The molecule has 2 rings (SSSR count). The van der Waals surface area contributed by atoms with E-state index >= 15 is 0 Å². The molecule has 4 heteroatoms. The van der Waals surface area contributed by atoms with E-state index in [1.165, 1.54) is 6.42 Å². The van der Waals surface area contributed by atoms with E-state index < -0.39 is 0 Å². The van der Waals surface area contributed by atoms with Crippen LogP contribution in [0.3, 0.4) is 0 Å². The van der Waals surface area contributed by atoms with Gasteiger partial charge in [0.1, 0.15) is 16.5 Å². The number of thiocarbonyl (C=S) groups is 1. The van der Waals surface area contributed by atoms with E-state index in [2.05, 4.69) is 0 Å². The molecule has 0 aliphatic heterocycles. The molecule has 1 fully saturated rings. The lowest BCUT2D eigenvalue weighted by molar-refractivity contribution is 0.120. The predicted molar refractivity (Wildman–Crippen MR) is 67.1 cm³/mol. The lowest BCUT2D eigenvalue weighted by Crippen LogP contribution is -2.26. The van der Waals surface area contributed by atoms with Crippen molar-refractivity contribution in [2.24, 2.45) is 5.73 Å². The Labute approximate surface area is 101 Å². The minimum atomic E-state index is 0.306. The minimum Gasteiger partial charge on any atom is -0.497 e. The summed E-state index contributed by atoms with van der Waals surface area (Å²) in [6.45, 7) is 0. The molecular weight excluding hydrogens is 222 g/mol. The summed E-state index contributed by atoms with van der Waals surface area (Å²) in [5, 5.41) is 0. The van der Waals surface area contributed by atoms with Gasteiger partial charge in [-0.2, -0.15) is 0 Å². The van der Waals surface area contributed by atoms with Crippen LogP contribution in [0.15, 0.2) is 18.2 Å². The van der Waals surface area contributed by atoms with Crippen LogP contribution in [0.2, 0.25) is 0 Å². The monoisotopic (exact) mass is 237 g/mol. The number of nitrogens with two attached hydrogens (primary N) is 1. The van der Waals surface area contributed by atoms with E-state index in [1.807, 2.05) is 18.2 Å². The Balaban J connectivity index is 2.25. The van der Waals surface area contributed by atoms with Crippen LogP contribution in [0, 0.1) is 0 Å². The molecule has 0 atom stereocenters. The Kier molecular flexibility index (Phi) is 3.29. The second-order valence-electron chi connectivity index (χ2n) is 3.90. The summed E-state index contributed by atoms with van der Waals surface area (Å²) in [6, 6.07) is 5.52. The molecule has 3 nitrogen and oxygen atoms in total. The molecule has 1 saturated carbocycles. The summed E-state index contributed by atoms with van der Waals surface area (Å²) in [5.41, 5.74) is 6.43. The smallest absolute Gasteiger partial charge is 0.133 e. The number of methoxy groups -OCH3 is 1. The Morgan fingerprint density at radius 1 is 1.44 bits per heavy atom. The number of benzene rings is 1. The fourth-order valence-corrected chi connectivity index (χ4v) is 1.77. The van der Waals surface area contributed by atoms with Gasteiger partial charge in [0, 0.05) is 6.07 Å². The molecular formula is C12H15NO2S. The van der Waals surface area contributed by atoms with Gasteiger partial charge in [-0.15, -0.1) is 0 Å². The molecule has 0 aromatic heterocycles. The van der Waals surface area contributed by atoms with Gasteiger partial charge in [0.15, 0.2) is 0 Å². The SMILES string of the molecule is COc1ccc(C(N)=S)c(OC2CCC2)c1. The van der Waals surface area contributed by atoms with Crippen LogP contribution in [0.25, 0.3) is 0 Å². The molecule has 16 heavy (non-hydrogen) atoms. The van der Waals surface area contributed by atoms with Crippen molar-refractivity contribution in [3.8, 4) is 11.5 Å². The highest BCUT2D eigenvalue weighted by molar-refractivity contribution is 7.80.